The predicted molar refractivity (Wildman–Crippen MR) is 83.3 cm³/mol. The van der Waals surface area contributed by atoms with Gasteiger partial charge in [-0.05, 0) is 18.4 Å². The zero-order valence-corrected chi connectivity index (χ0v) is 13.0. The van der Waals surface area contributed by atoms with Crippen LogP contribution >= 0.6 is 0 Å². The van der Waals surface area contributed by atoms with Crippen LogP contribution in [0.4, 0.5) is 4.79 Å². The van der Waals surface area contributed by atoms with E-state index >= 15 is 0 Å². The quantitative estimate of drug-likeness (QED) is 0.897. The number of carbonyl (C=O) groups excluding carboxylic acids is 1. The maximum Gasteiger partial charge on any atom is 0.410 e. The summed E-state index contributed by atoms with van der Waals surface area (Å²) < 4.78 is 6.83. The summed E-state index contributed by atoms with van der Waals surface area (Å²) in [6.45, 7) is 1.26. The number of nitrogens with zero attached hydrogens (tertiary/aromatic N) is 4. The van der Waals surface area contributed by atoms with E-state index in [9.17, 15) is 9.59 Å². The fraction of sp³-hybridized carbons (Fsp3) is 0.375. The molecule has 2 heterocycles. The number of aromatic carboxylic acids is 1. The van der Waals surface area contributed by atoms with Crippen molar-refractivity contribution in [1.82, 2.24) is 19.9 Å². The lowest BCUT2D eigenvalue weighted by Crippen LogP contribution is -2.38. The van der Waals surface area contributed by atoms with E-state index in [4.69, 9.17) is 9.84 Å². The Morgan fingerprint density at radius 3 is 2.79 bits per heavy atom. The van der Waals surface area contributed by atoms with Crippen molar-refractivity contribution in [1.29, 1.82) is 0 Å². The molecule has 1 fully saturated rings. The zero-order chi connectivity index (χ0) is 16.9. The number of likely N-dealkylation sites (tertiary alicyclic amines) is 1. The van der Waals surface area contributed by atoms with Gasteiger partial charge in [0.25, 0.3) is 0 Å². The predicted octanol–water partition coefficient (Wildman–Crippen LogP) is 1.78. The average Bonchev–Trinajstić information content (AvgIpc) is 3.23. The molecule has 0 bridgehead atoms. The summed E-state index contributed by atoms with van der Waals surface area (Å²) in [7, 11) is 0. The third-order valence-electron chi connectivity index (χ3n) is 3.97. The number of carbonyl (C=O) groups is 2. The van der Waals surface area contributed by atoms with Crippen LogP contribution in [-0.2, 0) is 17.9 Å². The lowest BCUT2D eigenvalue weighted by atomic mass is 10.2. The van der Waals surface area contributed by atoms with E-state index in [0.717, 1.165) is 18.4 Å². The summed E-state index contributed by atoms with van der Waals surface area (Å²) in [5.41, 5.74) is 0.829. The summed E-state index contributed by atoms with van der Waals surface area (Å²) in [5, 5.41) is 16.3. The summed E-state index contributed by atoms with van der Waals surface area (Å²) in [4.78, 5) is 24.8. The molecule has 1 unspecified atom stereocenters. The maximum atomic E-state index is 12.3. The van der Waals surface area contributed by atoms with Crippen LogP contribution in [0.15, 0.2) is 36.5 Å². The van der Waals surface area contributed by atoms with Crippen LogP contribution in [0.1, 0.15) is 28.9 Å². The topological polar surface area (TPSA) is 97.5 Å². The molecular formula is C16H18N4O4. The van der Waals surface area contributed by atoms with E-state index in [2.05, 4.69) is 10.3 Å². The first-order chi connectivity index (χ1) is 11.6. The van der Waals surface area contributed by atoms with Crippen LogP contribution in [0, 0.1) is 0 Å². The molecule has 1 saturated heterocycles. The standard InChI is InChI=1S/C16H18N4O4/c21-15(22)14-10-19(18-17-14)9-13-7-4-8-20(13)16(23)24-11-12-5-2-1-3-6-12/h1-3,5-6,10,13H,4,7-9,11H2,(H,21,22). The Balaban J connectivity index is 1.57. The third kappa shape index (κ3) is 3.70. The van der Waals surface area contributed by atoms with Crippen molar-refractivity contribution in [2.75, 3.05) is 6.54 Å². The summed E-state index contributed by atoms with van der Waals surface area (Å²) in [5.74, 6) is -1.12. The molecule has 8 heteroatoms. The Morgan fingerprint density at radius 2 is 2.08 bits per heavy atom. The second kappa shape index (κ2) is 7.12. The summed E-state index contributed by atoms with van der Waals surface area (Å²) in [6, 6.07) is 9.43. The first-order valence-corrected chi connectivity index (χ1v) is 7.74. The number of carboxylic acid groups (broad SMARTS) is 1. The number of benzene rings is 1. The molecule has 0 spiro atoms. The molecule has 8 nitrogen and oxygen atoms in total. The minimum Gasteiger partial charge on any atom is -0.476 e. The second-order valence-electron chi connectivity index (χ2n) is 5.66. The van der Waals surface area contributed by atoms with Gasteiger partial charge in [-0.1, -0.05) is 35.5 Å². The van der Waals surface area contributed by atoms with Crippen molar-refractivity contribution in [2.45, 2.75) is 32.0 Å². The molecule has 24 heavy (non-hydrogen) atoms. The SMILES string of the molecule is O=C(O)c1cn(CC2CCCN2C(=O)OCc2ccccc2)nn1. The van der Waals surface area contributed by atoms with Gasteiger partial charge in [-0.15, -0.1) is 5.10 Å². The van der Waals surface area contributed by atoms with Gasteiger partial charge in [0.1, 0.15) is 6.61 Å². The smallest absolute Gasteiger partial charge is 0.410 e. The summed E-state index contributed by atoms with van der Waals surface area (Å²) in [6.07, 6.45) is 2.71. The van der Waals surface area contributed by atoms with E-state index in [0.29, 0.717) is 13.1 Å². The van der Waals surface area contributed by atoms with Crippen molar-refractivity contribution in [3.8, 4) is 0 Å². The molecule has 1 amide bonds. The lowest BCUT2D eigenvalue weighted by Gasteiger charge is -2.23. The molecule has 1 N–H and O–H groups in total. The molecule has 1 aliphatic heterocycles. The Labute approximate surface area is 138 Å². The molecule has 1 atom stereocenters. The Kier molecular flexibility index (Phi) is 4.74. The van der Waals surface area contributed by atoms with Gasteiger partial charge in [-0.25, -0.2) is 14.3 Å². The Hall–Kier alpha value is -2.90. The Morgan fingerprint density at radius 1 is 1.29 bits per heavy atom. The van der Waals surface area contributed by atoms with Crippen LogP contribution < -0.4 is 0 Å². The minimum atomic E-state index is -1.12. The number of ether oxygens (including phenoxy) is 1. The van der Waals surface area contributed by atoms with Crippen molar-refractivity contribution in [3.63, 3.8) is 0 Å². The average molecular weight is 330 g/mol. The highest BCUT2D eigenvalue weighted by Crippen LogP contribution is 2.20. The van der Waals surface area contributed by atoms with Gasteiger partial charge < -0.3 is 14.7 Å². The second-order valence-corrected chi connectivity index (χ2v) is 5.66. The Bertz CT molecular complexity index is 716. The van der Waals surface area contributed by atoms with E-state index in [1.165, 1.54) is 10.9 Å². The van der Waals surface area contributed by atoms with Crippen molar-refractivity contribution in [3.05, 3.63) is 47.8 Å². The monoisotopic (exact) mass is 330 g/mol. The molecule has 0 radical (unpaired) electrons. The third-order valence-corrected chi connectivity index (χ3v) is 3.97. The van der Waals surface area contributed by atoms with Gasteiger partial charge in [0.05, 0.1) is 18.8 Å². The number of hydrogen-bond acceptors (Lipinski definition) is 5. The number of hydrogen-bond donors (Lipinski definition) is 1. The molecule has 0 saturated carbocycles. The fourth-order valence-corrected chi connectivity index (χ4v) is 2.77. The molecule has 1 aliphatic rings. The highest BCUT2D eigenvalue weighted by molar-refractivity contribution is 5.84. The number of aromatic nitrogens is 3. The van der Waals surface area contributed by atoms with Gasteiger partial charge in [-0.3, -0.25) is 0 Å². The van der Waals surface area contributed by atoms with E-state index in [1.807, 2.05) is 30.3 Å². The maximum absolute atomic E-state index is 12.3. The fourth-order valence-electron chi connectivity index (χ4n) is 2.77. The van der Waals surface area contributed by atoms with Crippen molar-refractivity contribution >= 4 is 12.1 Å². The van der Waals surface area contributed by atoms with Gasteiger partial charge in [-0.2, -0.15) is 0 Å². The van der Waals surface area contributed by atoms with Crippen LogP contribution in [0.3, 0.4) is 0 Å². The molecule has 1 aromatic carbocycles. The molecule has 2 aromatic rings. The van der Waals surface area contributed by atoms with E-state index < -0.39 is 5.97 Å². The van der Waals surface area contributed by atoms with E-state index in [1.54, 1.807) is 4.90 Å². The van der Waals surface area contributed by atoms with Crippen molar-refractivity contribution in [2.24, 2.45) is 0 Å². The zero-order valence-electron chi connectivity index (χ0n) is 13.0. The van der Waals surface area contributed by atoms with Crippen LogP contribution in [-0.4, -0.2) is 49.6 Å². The van der Waals surface area contributed by atoms with Crippen molar-refractivity contribution < 1.29 is 19.4 Å². The number of carboxylic acids is 1. The molecule has 126 valence electrons. The molecule has 0 aliphatic carbocycles. The van der Waals surface area contributed by atoms with Crippen LogP contribution in [0.25, 0.3) is 0 Å². The molecule has 3 rings (SSSR count). The van der Waals surface area contributed by atoms with Gasteiger partial charge in [0, 0.05) is 6.54 Å². The first kappa shape index (κ1) is 16.0. The number of amides is 1. The number of rotatable bonds is 5. The molecule has 1 aromatic heterocycles. The van der Waals surface area contributed by atoms with Gasteiger partial charge in [0.2, 0.25) is 0 Å². The molecular weight excluding hydrogens is 312 g/mol. The lowest BCUT2D eigenvalue weighted by molar-refractivity contribution is 0.0689. The largest absolute Gasteiger partial charge is 0.476 e. The minimum absolute atomic E-state index is 0.0726. The van der Waals surface area contributed by atoms with Gasteiger partial charge >= 0.3 is 12.1 Å². The highest BCUT2D eigenvalue weighted by Gasteiger charge is 2.30. The van der Waals surface area contributed by atoms with Crippen LogP contribution in [0.2, 0.25) is 0 Å². The first-order valence-electron chi connectivity index (χ1n) is 7.74. The highest BCUT2D eigenvalue weighted by atomic mass is 16.6. The van der Waals surface area contributed by atoms with Gasteiger partial charge in [0.15, 0.2) is 5.69 Å². The van der Waals surface area contributed by atoms with E-state index in [-0.39, 0.29) is 24.4 Å². The normalized spacial score (nSPS) is 17.0. The van der Waals surface area contributed by atoms with Crippen LogP contribution in [0.5, 0.6) is 0 Å². The summed E-state index contributed by atoms with van der Waals surface area (Å²) >= 11 is 0.